The van der Waals surface area contributed by atoms with E-state index in [1.807, 2.05) is 18.2 Å². The number of fused-ring (bicyclic) bond motifs is 1. The summed E-state index contributed by atoms with van der Waals surface area (Å²) >= 11 is 0. The summed E-state index contributed by atoms with van der Waals surface area (Å²) in [6, 6.07) is 5.91. The number of benzene rings is 1. The molecule has 0 aliphatic carbocycles. The van der Waals surface area contributed by atoms with Crippen LogP contribution in [0.1, 0.15) is 0 Å². The van der Waals surface area contributed by atoms with Gasteiger partial charge in [-0.15, -0.1) is 0 Å². The maximum atomic E-state index is 5.28. The van der Waals surface area contributed by atoms with E-state index in [9.17, 15) is 0 Å². The largest absolute Gasteiger partial charge is 0.497 e. The first-order chi connectivity index (χ1) is 11.9. The molecular weight excluding hydrogens is 304 g/mol. The van der Waals surface area contributed by atoms with E-state index < -0.39 is 0 Å². The van der Waals surface area contributed by atoms with Crippen molar-refractivity contribution in [3.63, 3.8) is 0 Å². The van der Waals surface area contributed by atoms with Gasteiger partial charge in [-0.2, -0.15) is 0 Å². The SMILES string of the molecule is C1CNCCN1.COc1ccc2ncnc(N3CCNCC3)c2c1. The van der Waals surface area contributed by atoms with Gasteiger partial charge in [0.25, 0.3) is 0 Å². The number of aromatic nitrogens is 2. The zero-order chi connectivity index (χ0) is 16.6. The zero-order valence-electron chi connectivity index (χ0n) is 14.2. The summed E-state index contributed by atoms with van der Waals surface area (Å²) in [6.07, 6.45) is 1.63. The lowest BCUT2D eigenvalue weighted by Gasteiger charge is -2.29. The van der Waals surface area contributed by atoms with Crippen LogP contribution in [0.25, 0.3) is 10.9 Å². The molecule has 0 unspecified atom stereocenters. The third kappa shape index (κ3) is 4.31. The van der Waals surface area contributed by atoms with Gasteiger partial charge in [-0.1, -0.05) is 0 Å². The molecule has 0 radical (unpaired) electrons. The molecule has 0 saturated carbocycles. The van der Waals surface area contributed by atoms with Crippen LogP contribution in [0.2, 0.25) is 0 Å². The molecule has 2 fully saturated rings. The van der Waals surface area contributed by atoms with E-state index in [4.69, 9.17) is 4.74 Å². The zero-order valence-corrected chi connectivity index (χ0v) is 14.2. The Hall–Kier alpha value is -1.96. The van der Waals surface area contributed by atoms with Crippen molar-refractivity contribution in [2.45, 2.75) is 0 Å². The minimum absolute atomic E-state index is 0.841. The van der Waals surface area contributed by atoms with Crippen molar-refractivity contribution in [2.75, 3.05) is 64.4 Å². The second kappa shape index (κ2) is 8.77. The normalized spacial score (nSPS) is 18.0. The van der Waals surface area contributed by atoms with Gasteiger partial charge in [0, 0.05) is 57.7 Å². The molecule has 7 heteroatoms. The van der Waals surface area contributed by atoms with Crippen molar-refractivity contribution in [3.8, 4) is 5.75 Å². The molecule has 3 heterocycles. The highest BCUT2D eigenvalue weighted by molar-refractivity contribution is 5.90. The molecule has 2 aromatic rings. The number of nitrogens with one attached hydrogen (secondary N) is 3. The Balaban J connectivity index is 0.000000238. The predicted molar refractivity (Wildman–Crippen MR) is 96.9 cm³/mol. The van der Waals surface area contributed by atoms with Crippen LogP contribution < -0.4 is 25.6 Å². The monoisotopic (exact) mass is 330 g/mol. The number of piperazine rings is 2. The molecule has 1 aromatic heterocycles. The first-order valence-corrected chi connectivity index (χ1v) is 8.54. The number of methoxy groups -OCH3 is 1. The molecule has 2 saturated heterocycles. The van der Waals surface area contributed by atoms with Crippen LogP contribution >= 0.6 is 0 Å². The van der Waals surface area contributed by atoms with Gasteiger partial charge in [-0.25, -0.2) is 9.97 Å². The van der Waals surface area contributed by atoms with Gasteiger partial charge < -0.3 is 25.6 Å². The quantitative estimate of drug-likeness (QED) is 0.728. The van der Waals surface area contributed by atoms with Gasteiger partial charge in [-0.05, 0) is 18.2 Å². The topological polar surface area (TPSA) is 74.3 Å². The van der Waals surface area contributed by atoms with E-state index in [-0.39, 0.29) is 0 Å². The van der Waals surface area contributed by atoms with Crippen molar-refractivity contribution in [1.82, 2.24) is 25.9 Å². The number of nitrogens with zero attached hydrogens (tertiary/aromatic N) is 3. The van der Waals surface area contributed by atoms with Crippen LogP contribution in [0.4, 0.5) is 5.82 Å². The van der Waals surface area contributed by atoms with Crippen LogP contribution in [-0.4, -0.2) is 69.4 Å². The summed E-state index contributed by atoms with van der Waals surface area (Å²) in [4.78, 5) is 11.0. The summed E-state index contributed by atoms with van der Waals surface area (Å²) in [6.45, 7) is 8.50. The van der Waals surface area contributed by atoms with Crippen LogP contribution in [0.15, 0.2) is 24.5 Å². The molecule has 0 bridgehead atoms. The summed E-state index contributed by atoms with van der Waals surface area (Å²) < 4.78 is 5.28. The number of anilines is 1. The predicted octanol–water partition coefficient (Wildman–Crippen LogP) is 0.227. The average molecular weight is 330 g/mol. The Morgan fingerprint density at radius 1 is 0.917 bits per heavy atom. The Kier molecular flexibility index (Phi) is 6.17. The Bertz CT molecular complexity index is 629. The fourth-order valence-electron chi connectivity index (χ4n) is 2.88. The molecule has 130 valence electrons. The molecule has 2 aliphatic rings. The van der Waals surface area contributed by atoms with Gasteiger partial charge in [0.05, 0.1) is 12.6 Å². The molecule has 7 nitrogen and oxygen atoms in total. The van der Waals surface area contributed by atoms with Crippen molar-refractivity contribution in [2.24, 2.45) is 0 Å². The van der Waals surface area contributed by atoms with E-state index in [0.29, 0.717) is 0 Å². The minimum atomic E-state index is 0.841. The molecule has 1 aromatic carbocycles. The highest BCUT2D eigenvalue weighted by Gasteiger charge is 2.15. The number of hydrogen-bond donors (Lipinski definition) is 3. The van der Waals surface area contributed by atoms with Gasteiger partial charge in [0.15, 0.2) is 0 Å². The van der Waals surface area contributed by atoms with Gasteiger partial charge in [0.2, 0.25) is 0 Å². The number of hydrogen-bond acceptors (Lipinski definition) is 7. The van der Waals surface area contributed by atoms with E-state index in [1.54, 1.807) is 13.4 Å². The molecule has 4 rings (SSSR count). The van der Waals surface area contributed by atoms with Crippen LogP contribution in [0, 0.1) is 0 Å². The molecular formula is C17H26N6O. The molecule has 0 spiro atoms. The van der Waals surface area contributed by atoms with Gasteiger partial charge in [0.1, 0.15) is 17.9 Å². The van der Waals surface area contributed by atoms with Gasteiger partial charge >= 0.3 is 0 Å². The third-order valence-electron chi connectivity index (χ3n) is 4.20. The van der Waals surface area contributed by atoms with E-state index in [0.717, 1.165) is 74.8 Å². The summed E-state index contributed by atoms with van der Waals surface area (Å²) in [5.41, 5.74) is 0.958. The fraction of sp³-hybridized carbons (Fsp3) is 0.529. The Morgan fingerprint density at radius 2 is 1.58 bits per heavy atom. The van der Waals surface area contributed by atoms with Crippen LogP contribution in [-0.2, 0) is 0 Å². The second-order valence-corrected chi connectivity index (χ2v) is 5.82. The lowest BCUT2D eigenvalue weighted by molar-refractivity contribution is 0.415. The average Bonchev–Trinajstić information content (AvgIpc) is 2.69. The Morgan fingerprint density at radius 3 is 2.21 bits per heavy atom. The maximum Gasteiger partial charge on any atom is 0.140 e. The summed E-state index contributed by atoms with van der Waals surface area (Å²) in [5.74, 6) is 1.84. The smallest absolute Gasteiger partial charge is 0.140 e. The molecule has 0 amide bonds. The van der Waals surface area contributed by atoms with Crippen molar-refractivity contribution >= 4 is 16.7 Å². The second-order valence-electron chi connectivity index (χ2n) is 5.82. The minimum Gasteiger partial charge on any atom is -0.497 e. The highest BCUT2D eigenvalue weighted by Crippen LogP contribution is 2.26. The first-order valence-electron chi connectivity index (χ1n) is 8.54. The molecule has 24 heavy (non-hydrogen) atoms. The van der Waals surface area contributed by atoms with Crippen molar-refractivity contribution < 1.29 is 4.74 Å². The van der Waals surface area contributed by atoms with Crippen LogP contribution in [0.3, 0.4) is 0 Å². The number of rotatable bonds is 2. The fourth-order valence-corrected chi connectivity index (χ4v) is 2.88. The molecule has 2 aliphatic heterocycles. The van der Waals surface area contributed by atoms with Crippen LogP contribution in [0.5, 0.6) is 5.75 Å². The van der Waals surface area contributed by atoms with Crippen molar-refractivity contribution in [1.29, 1.82) is 0 Å². The lowest BCUT2D eigenvalue weighted by atomic mass is 10.2. The first kappa shape index (κ1) is 16.9. The van der Waals surface area contributed by atoms with E-state index >= 15 is 0 Å². The summed E-state index contributed by atoms with van der Waals surface area (Å²) in [7, 11) is 1.68. The standard InChI is InChI=1S/C13H16N4O.C4H10N2/c1-18-10-2-3-12-11(8-10)13(16-9-15-12)17-6-4-14-5-7-17;1-2-6-4-3-5-1/h2-3,8-9,14H,4-7H2,1H3;5-6H,1-4H2. The summed E-state index contributed by atoms with van der Waals surface area (Å²) in [5, 5.41) is 10.8. The van der Waals surface area contributed by atoms with Crippen molar-refractivity contribution in [3.05, 3.63) is 24.5 Å². The lowest BCUT2D eigenvalue weighted by Crippen LogP contribution is -2.44. The third-order valence-corrected chi connectivity index (χ3v) is 4.20. The number of ether oxygens (including phenoxy) is 1. The highest BCUT2D eigenvalue weighted by atomic mass is 16.5. The molecule has 3 N–H and O–H groups in total. The van der Waals surface area contributed by atoms with Gasteiger partial charge in [-0.3, -0.25) is 0 Å². The van der Waals surface area contributed by atoms with E-state index in [2.05, 4.69) is 30.8 Å². The maximum absolute atomic E-state index is 5.28. The van der Waals surface area contributed by atoms with E-state index in [1.165, 1.54) is 0 Å². The molecule has 0 atom stereocenters. The Labute approximate surface area is 142 Å².